The summed E-state index contributed by atoms with van der Waals surface area (Å²) in [5.41, 5.74) is 1.62. The van der Waals surface area contributed by atoms with Gasteiger partial charge < -0.3 is 28.4 Å². The van der Waals surface area contributed by atoms with Crippen molar-refractivity contribution in [1.82, 2.24) is 9.80 Å². The lowest BCUT2D eigenvalue weighted by molar-refractivity contribution is 0.0145. The fraction of sp³-hybridized carbons (Fsp3) is 0.484. The number of ether oxygens (including phenoxy) is 6. The summed E-state index contributed by atoms with van der Waals surface area (Å²) >= 11 is 0. The molecule has 4 atom stereocenters. The fourth-order valence-electron chi connectivity index (χ4n) is 5.52. The quantitative estimate of drug-likeness (QED) is 0.217. The molecular weight excluding hydrogens is 528 g/mol. The van der Waals surface area contributed by atoms with E-state index in [9.17, 15) is 9.59 Å². The first-order valence-corrected chi connectivity index (χ1v) is 13.5. The zero-order valence-corrected chi connectivity index (χ0v) is 24.8. The van der Waals surface area contributed by atoms with Crippen LogP contribution in [0.25, 0.3) is 0 Å². The van der Waals surface area contributed by atoms with E-state index in [1.807, 2.05) is 64.1 Å². The molecule has 2 heterocycles. The van der Waals surface area contributed by atoms with E-state index in [4.69, 9.17) is 28.4 Å². The summed E-state index contributed by atoms with van der Waals surface area (Å²) in [7, 11) is 4.66. The minimum atomic E-state index is -0.699. The van der Waals surface area contributed by atoms with Gasteiger partial charge in [-0.3, -0.25) is 9.80 Å². The van der Waals surface area contributed by atoms with Crippen LogP contribution in [0, 0.1) is 6.92 Å². The van der Waals surface area contributed by atoms with E-state index in [1.54, 1.807) is 30.1 Å². The van der Waals surface area contributed by atoms with Crippen LogP contribution in [0.3, 0.4) is 0 Å². The predicted molar refractivity (Wildman–Crippen MR) is 152 cm³/mol. The number of likely N-dealkylation sites (tertiary alicyclic amines) is 1. The van der Waals surface area contributed by atoms with Crippen molar-refractivity contribution in [2.75, 3.05) is 34.7 Å². The Morgan fingerprint density at radius 1 is 1.07 bits per heavy atom. The van der Waals surface area contributed by atoms with Crippen LogP contribution in [0.15, 0.2) is 49.1 Å². The van der Waals surface area contributed by atoms with Gasteiger partial charge in [-0.1, -0.05) is 36.4 Å². The number of methoxy groups -OCH3 is 3. The number of hydrogen-bond acceptors (Lipinski definition) is 8. The first-order chi connectivity index (χ1) is 19.6. The van der Waals surface area contributed by atoms with Crippen molar-refractivity contribution < 1.29 is 38.0 Å². The maximum atomic E-state index is 13.5. The molecule has 0 N–H and O–H groups in total. The van der Waals surface area contributed by atoms with Crippen molar-refractivity contribution in [3.05, 3.63) is 65.7 Å². The van der Waals surface area contributed by atoms with Crippen LogP contribution in [0.1, 0.15) is 43.4 Å². The molecule has 0 aromatic heterocycles. The second kappa shape index (κ2) is 12.3. The van der Waals surface area contributed by atoms with Crippen LogP contribution in [0.4, 0.5) is 9.59 Å². The van der Waals surface area contributed by atoms with E-state index in [2.05, 4.69) is 6.58 Å². The number of nitrogens with zero attached hydrogens (tertiary/aromatic N) is 2. The highest BCUT2D eigenvalue weighted by atomic mass is 16.7. The van der Waals surface area contributed by atoms with Gasteiger partial charge in [0.25, 0.3) is 0 Å². The van der Waals surface area contributed by atoms with Gasteiger partial charge in [-0.15, -0.1) is 6.58 Å². The number of amides is 2. The minimum absolute atomic E-state index is 0.0244. The van der Waals surface area contributed by atoms with Gasteiger partial charge in [-0.05, 0) is 39.3 Å². The number of hydrogen-bond donors (Lipinski definition) is 0. The lowest BCUT2D eigenvalue weighted by Crippen LogP contribution is -2.48. The smallest absolute Gasteiger partial charge is 0.410 e. The lowest BCUT2D eigenvalue weighted by Gasteiger charge is -2.36. The molecule has 2 aliphatic rings. The Bertz CT molecular complexity index is 1260. The van der Waals surface area contributed by atoms with Crippen molar-refractivity contribution in [2.24, 2.45) is 0 Å². The van der Waals surface area contributed by atoms with Crippen LogP contribution in [-0.4, -0.2) is 80.4 Å². The molecule has 4 rings (SSSR count). The third-order valence-electron chi connectivity index (χ3n) is 7.31. The monoisotopic (exact) mass is 568 g/mol. The maximum Gasteiger partial charge on any atom is 0.410 e. The third-order valence-corrected chi connectivity index (χ3v) is 7.31. The molecule has 0 radical (unpaired) electrons. The molecule has 2 aliphatic heterocycles. The largest absolute Gasteiger partial charge is 0.496 e. The highest BCUT2D eigenvalue weighted by molar-refractivity contribution is 5.76. The Morgan fingerprint density at radius 3 is 2.37 bits per heavy atom. The van der Waals surface area contributed by atoms with Gasteiger partial charge >= 0.3 is 12.2 Å². The second-order valence-corrected chi connectivity index (χ2v) is 11.1. The Balaban J connectivity index is 1.71. The zero-order chi connectivity index (χ0) is 29.9. The number of piperazine rings is 1. The molecule has 2 aromatic carbocycles. The van der Waals surface area contributed by atoms with Crippen LogP contribution < -0.4 is 14.2 Å². The van der Waals surface area contributed by atoms with E-state index in [1.165, 1.54) is 7.11 Å². The lowest BCUT2D eigenvalue weighted by atomic mass is 9.87. The molecule has 0 spiro atoms. The molecule has 0 bridgehead atoms. The molecule has 10 heteroatoms. The maximum absolute atomic E-state index is 13.5. The summed E-state index contributed by atoms with van der Waals surface area (Å²) in [6.45, 7) is 11.9. The summed E-state index contributed by atoms with van der Waals surface area (Å²) in [5.74, 6) is 1.03. The summed E-state index contributed by atoms with van der Waals surface area (Å²) in [6, 6.07) is 10.3. The van der Waals surface area contributed by atoms with Gasteiger partial charge in [0, 0.05) is 30.7 Å². The van der Waals surface area contributed by atoms with E-state index in [0.29, 0.717) is 29.4 Å². The SMILES string of the molecule is C=C[C@H](c1cc(OC)c(C)c(OC)c1OCOC)[C@H]1[C@@H]2[C@H](CN1C(=O)OC(C)(C)C)N2C(=O)OCc1ccccc1. The van der Waals surface area contributed by atoms with Gasteiger partial charge in [0.05, 0.1) is 32.3 Å². The number of fused-ring (bicyclic) bond motifs is 1. The van der Waals surface area contributed by atoms with Gasteiger partial charge in [-0.25, -0.2) is 9.59 Å². The molecule has 2 amide bonds. The average molecular weight is 569 g/mol. The molecule has 2 saturated heterocycles. The highest BCUT2D eigenvalue weighted by Gasteiger charge is 2.66. The van der Waals surface area contributed by atoms with E-state index in [-0.39, 0.29) is 25.5 Å². The number of benzene rings is 2. The normalized spacial score (nSPS) is 20.1. The van der Waals surface area contributed by atoms with Crippen molar-refractivity contribution in [3.63, 3.8) is 0 Å². The Labute approximate surface area is 241 Å². The first-order valence-electron chi connectivity index (χ1n) is 13.5. The number of rotatable bonds is 10. The van der Waals surface area contributed by atoms with Crippen LogP contribution in [0.2, 0.25) is 0 Å². The molecule has 0 saturated carbocycles. The Morgan fingerprint density at radius 2 is 1.78 bits per heavy atom. The average Bonchev–Trinajstić information content (AvgIpc) is 3.52. The summed E-state index contributed by atoms with van der Waals surface area (Å²) in [5, 5.41) is 0. The van der Waals surface area contributed by atoms with Crippen molar-refractivity contribution >= 4 is 12.2 Å². The molecule has 41 heavy (non-hydrogen) atoms. The van der Waals surface area contributed by atoms with E-state index in [0.717, 1.165) is 11.1 Å². The van der Waals surface area contributed by atoms with Crippen molar-refractivity contribution in [3.8, 4) is 17.2 Å². The minimum Gasteiger partial charge on any atom is -0.496 e. The number of carbonyl (C=O) groups excluding carboxylic acids is 2. The topological polar surface area (TPSA) is 95.8 Å². The van der Waals surface area contributed by atoms with Gasteiger partial charge in [0.2, 0.25) is 0 Å². The zero-order valence-electron chi connectivity index (χ0n) is 24.8. The van der Waals surface area contributed by atoms with E-state index >= 15 is 0 Å². The summed E-state index contributed by atoms with van der Waals surface area (Å²) in [4.78, 5) is 30.0. The number of carbonyl (C=O) groups is 2. The molecule has 10 nitrogen and oxygen atoms in total. The van der Waals surface area contributed by atoms with Gasteiger partial charge in [-0.2, -0.15) is 0 Å². The van der Waals surface area contributed by atoms with E-state index < -0.39 is 29.7 Å². The highest BCUT2D eigenvalue weighted by Crippen LogP contribution is 2.51. The molecule has 2 aromatic rings. The van der Waals surface area contributed by atoms with Crippen molar-refractivity contribution in [1.29, 1.82) is 0 Å². The molecule has 0 unspecified atom stereocenters. The van der Waals surface area contributed by atoms with Crippen molar-refractivity contribution in [2.45, 2.75) is 63.9 Å². The van der Waals surface area contributed by atoms with Gasteiger partial charge in [0.1, 0.15) is 18.0 Å². The summed E-state index contributed by atoms with van der Waals surface area (Å²) in [6.07, 6.45) is 0.847. The molecule has 222 valence electrons. The molecule has 2 fully saturated rings. The third kappa shape index (κ3) is 6.22. The van der Waals surface area contributed by atoms with Crippen LogP contribution in [-0.2, 0) is 20.8 Å². The van der Waals surface area contributed by atoms with Gasteiger partial charge in [0.15, 0.2) is 18.3 Å². The predicted octanol–water partition coefficient (Wildman–Crippen LogP) is 5.27. The standard InChI is InChI=1S/C31H40N2O8/c1-9-21(22-15-24(37-7)19(2)27(38-8)28(22)40-18-36-6)25-26-23(16-32(25)29(34)41-31(3,4)5)33(26)30(35)39-17-20-13-11-10-12-14-20/h9-15,21,23,25-26H,1,16-18H2,2-8H3/t21-,23+,25+,26+,33?/m1/s1. The second-order valence-electron chi connectivity index (χ2n) is 11.1. The fourth-order valence-corrected chi connectivity index (χ4v) is 5.52. The molecule has 0 aliphatic carbocycles. The Kier molecular flexibility index (Phi) is 9.01. The first kappa shape index (κ1) is 30.0. The summed E-state index contributed by atoms with van der Waals surface area (Å²) < 4.78 is 34.1. The van der Waals surface area contributed by atoms with Crippen LogP contribution >= 0.6 is 0 Å². The Hall–Kier alpha value is -3.92. The van der Waals surface area contributed by atoms with Crippen LogP contribution in [0.5, 0.6) is 17.2 Å². The molecular formula is C31H40N2O8.